The Bertz CT molecular complexity index is 1260. The van der Waals surface area contributed by atoms with Crippen molar-refractivity contribution in [2.24, 2.45) is 0 Å². The van der Waals surface area contributed by atoms with Crippen molar-refractivity contribution in [3.63, 3.8) is 0 Å². The molecule has 1 heterocycles. The van der Waals surface area contributed by atoms with E-state index in [0.717, 1.165) is 44.2 Å². The van der Waals surface area contributed by atoms with Crippen LogP contribution >= 0.6 is 11.3 Å². The van der Waals surface area contributed by atoms with Gasteiger partial charge in [-0.15, -0.1) is 0 Å². The van der Waals surface area contributed by atoms with Gasteiger partial charge in [0, 0.05) is 11.7 Å². The van der Waals surface area contributed by atoms with E-state index in [0.29, 0.717) is 5.69 Å². The van der Waals surface area contributed by atoms with Gasteiger partial charge in [-0.05, 0) is 62.7 Å². The molecule has 1 amide bonds. The van der Waals surface area contributed by atoms with Crippen LogP contribution in [0, 0.1) is 5.82 Å². The molecular weight excluding hydrogens is 441 g/mol. The first-order chi connectivity index (χ1) is 14.5. The van der Waals surface area contributed by atoms with Crippen LogP contribution in [0.1, 0.15) is 33.2 Å². The molecule has 0 radical (unpaired) electrons. The molecule has 31 heavy (non-hydrogen) atoms. The van der Waals surface area contributed by atoms with Crippen molar-refractivity contribution < 1.29 is 17.6 Å². The third kappa shape index (κ3) is 4.80. The Hall–Kier alpha value is -2.72. The lowest BCUT2D eigenvalue weighted by Gasteiger charge is -2.30. The van der Waals surface area contributed by atoms with E-state index in [2.05, 4.69) is 5.32 Å². The molecule has 0 fully saturated rings. The van der Waals surface area contributed by atoms with E-state index in [1.54, 1.807) is 29.7 Å². The predicted octanol–water partition coefficient (Wildman–Crippen LogP) is 3.97. The molecule has 1 N–H and O–H groups in total. The number of nitrogens with zero attached hydrogens (tertiary/aromatic N) is 2. The van der Waals surface area contributed by atoms with Crippen LogP contribution in [0.15, 0.2) is 47.3 Å². The predicted molar refractivity (Wildman–Crippen MR) is 123 cm³/mol. The van der Waals surface area contributed by atoms with Crippen molar-refractivity contribution in [1.82, 2.24) is 4.57 Å². The Morgan fingerprint density at radius 3 is 2.39 bits per heavy atom. The number of carbonyl (C=O) groups is 1. The van der Waals surface area contributed by atoms with Crippen LogP contribution in [0.25, 0.3) is 10.2 Å². The van der Waals surface area contributed by atoms with Crippen LogP contribution in [-0.4, -0.2) is 31.2 Å². The monoisotopic (exact) mass is 465 g/mol. The summed E-state index contributed by atoms with van der Waals surface area (Å²) in [5, 5.41) is 2.75. The van der Waals surface area contributed by atoms with Crippen molar-refractivity contribution in [2.45, 2.75) is 39.3 Å². The zero-order valence-electron chi connectivity index (χ0n) is 17.6. The van der Waals surface area contributed by atoms with Crippen molar-refractivity contribution >= 4 is 48.9 Å². The maximum atomic E-state index is 13.3. The maximum absolute atomic E-state index is 13.3. The van der Waals surface area contributed by atoms with E-state index < -0.39 is 27.8 Å². The van der Waals surface area contributed by atoms with Gasteiger partial charge in [-0.3, -0.25) is 18.5 Å². The number of benzene rings is 2. The van der Waals surface area contributed by atoms with Crippen molar-refractivity contribution in [3.8, 4) is 0 Å². The smallest absolute Gasteiger partial charge is 0.308 e. The number of hydrogen-bond acceptors (Lipinski definition) is 5. The Morgan fingerprint density at radius 2 is 1.84 bits per heavy atom. The second kappa shape index (κ2) is 8.80. The van der Waals surface area contributed by atoms with E-state index in [1.165, 1.54) is 12.1 Å². The van der Waals surface area contributed by atoms with E-state index in [-0.39, 0.29) is 23.0 Å². The number of rotatable bonds is 7. The average Bonchev–Trinajstić information content (AvgIpc) is 3.01. The number of anilines is 2. The zero-order chi connectivity index (χ0) is 22.9. The van der Waals surface area contributed by atoms with E-state index >= 15 is 0 Å². The summed E-state index contributed by atoms with van der Waals surface area (Å²) >= 11 is 1.09. The number of halogens is 1. The zero-order valence-corrected chi connectivity index (χ0v) is 19.3. The van der Waals surface area contributed by atoms with E-state index in [9.17, 15) is 22.4 Å². The van der Waals surface area contributed by atoms with Crippen LogP contribution in [-0.2, 0) is 14.8 Å². The fourth-order valence-corrected chi connectivity index (χ4v) is 5.74. The molecule has 1 aromatic heterocycles. The van der Waals surface area contributed by atoms with Crippen LogP contribution < -0.4 is 14.5 Å². The molecule has 0 saturated heterocycles. The summed E-state index contributed by atoms with van der Waals surface area (Å²) in [6.45, 7) is 5.54. The van der Waals surface area contributed by atoms with Crippen molar-refractivity contribution in [1.29, 1.82) is 0 Å². The van der Waals surface area contributed by atoms with Crippen LogP contribution in [0.4, 0.5) is 15.8 Å². The molecule has 0 unspecified atom stereocenters. The normalized spacial score (nSPS) is 12.8. The minimum atomic E-state index is -3.82. The molecule has 0 aliphatic heterocycles. The number of aromatic nitrogens is 1. The molecule has 0 saturated carbocycles. The SMILES string of the molecule is CC[C@H](C(=O)Nc1ccc2c(c1)sc(=O)n2C(C)C)N(c1ccc(F)cc1)S(C)(=O)=O. The lowest BCUT2D eigenvalue weighted by molar-refractivity contribution is -0.117. The second-order valence-electron chi connectivity index (χ2n) is 7.46. The quantitative estimate of drug-likeness (QED) is 0.572. The Morgan fingerprint density at radius 1 is 1.19 bits per heavy atom. The molecule has 0 spiro atoms. The van der Waals surface area contributed by atoms with Gasteiger partial charge in [0.05, 0.1) is 22.2 Å². The molecule has 1 atom stereocenters. The first-order valence-corrected chi connectivity index (χ1v) is 12.4. The molecule has 7 nitrogen and oxygen atoms in total. The first kappa shape index (κ1) is 23.0. The highest BCUT2D eigenvalue weighted by atomic mass is 32.2. The molecule has 3 rings (SSSR count). The maximum Gasteiger partial charge on any atom is 0.308 e. The lowest BCUT2D eigenvalue weighted by Crippen LogP contribution is -2.47. The standard InChI is InChI=1S/C21H24FN3O4S2/c1-5-17(25(31(4,28)29)16-9-6-14(22)7-10-16)20(26)23-15-8-11-18-19(12-15)30-21(27)24(18)13(2)3/h6-13,17H,5H2,1-4H3,(H,23,26)/t17-/m1/s1. The topological polar surface area (TPSA) is 88.5 Å². The molecule has 3 aromatic rings. The molecule has 2 aromatic carbocycles. The molecule has 0 aliphatic carbocycles. The van der Waals surface area contributed by atoms with E-state index in [4.69, 9.17) is 0 Å². The number of carbonyl (C=O) groups excluding carboxylic acids is 1. The minimum Gasteiger partial charge on any atom is -0.324 e. The average molecular weight is 466 g/mol. The summed E-state index contributed by atoms with van der Waals surface area (Å²) in [6.07, 6.45) is 1.21. The molecule has 10 heteroatoms. The molecule has 0 aliphatic rings. The number of amides is 1. The largest absolute Gasteiger partial charge is 0.324 e. The third-order valence-corrected chi connectivity index (χ3v) is 6.91. The van der Waals surface area contributed by atoms with Gasteiger partial charge in [0.15, 0.2) is 0 Å². The van der Waals surface area contributed by atoms with Crippen LogP contribution in [0.2, 0.25) is 0 Å². The highest BCUT2D eigenvalue weighted by Gasteiger charge is 2.31. The lowest BCUT2D eigenvalue weighted by atomic mass is 10.1. The van der Waals surface area contributed by atoms with E-state index in [1.807, 2.05) is 13.8 Å². The van der Waals surface area contributed by atoms with Gasteiger partial charge in [-0.25, -0.2) is 12.8 Å². The number of sulfonamides is 1. The fourth-order valence-electron chi connectivity index (χ4n) is 3.48. The summed E-state index contributed by atoms with van der Waals surface area (Å²) in [4.78, 5) is 25.2. The summed E-state index contributed by atoms with van der Waals surface area (Å²) in [5.74, 6) is -1.03. The number of thiazole rings is 1. The van der Waals surface area contributed by atoms with Crippen LogP contribution in [0.3, 0.4) is 0 Å². The fraction of sp³-hybridized carbons (Fsp3) is 0.333. The van der Waals surface area contributed by atoms with Gasteiger partial charge in [0.25, 0.3) is 0 Å². The Kier molecular flexibility index (Phi) is 6.51. The summed E-state index contributed by atoms with van der Waals surface area (Å²) < 4.78 is 41.7. The number of hydrogen-bond donors (Lipinski definition) is 1. The Labute approximate surface area is 184 Å². The van der Waals surface area contributed by atoms with Crippen LogP contribution in [0.5, 0.6) is 0 Å². The molecule has 166 valence electrons. The van der Waals surface area contributed by atoms with Crippen molar-refractivity contribution in [2.75, 3.05) is 15.9 Å². The summed E-state index contributed by atoms with van der Waals surface area (Å²) in [5.41, 5.74) is 1.44. The van der Waals surface area contributed by atoms with Gasteiger partial charge < -0.3 is 5.32 Å². The third-order valence-electron chi connectivity index (χ3n) is 4.81. The number of fused-ring (bicyclic) bond motifs is 1. The highest BCUT2D eigenvalue weighted by Crippen LogP contribution is 2.26. The van der Waals surface area contributed by atoms with Gasteiger partial charge in [0.1, 0.15) is 11.9 Å². The van der Waals surface area contributed by atoms with Crippen molar-refractivity contribution in [3.05, 3.63) is 57.9 Å². The van der Waals surface area contributed by atoms with Gasteiger partial charge in [-0.1, -0.05) is 18.3 Å². The second-order valence-corrected chi connectivity index (χ2v) is 10.3. The first-order valence-electron chi connectivity index (χ1n) is 9.73. The Balaban J connectivity index is 1.94. The summed E-state index contributed by atoms with van der Waals surface area (Å²) in [7, 11) is -3.82. The number of nitrogens with one attached hydrogen (secondary N) is 1. The van der Waals surface area contributed by atoms with Gasteiger partial charge >= 0.3 is 4.87 Å². The van der Waals surface area contributed by atoms with Gasteiger partial charge in [-0.2, -0.15) is 0 Å². The molecular formula is C21H24FN3O4S2. The molecule has 0 bridgehead atoms. The summed E-state index contributed by atoms with van der Waals surface area (Å²) in [6, 6.07) is 9.06. The highest BCUT2D eigenvalue weighted by molar-refractivity contribution is 7.92. The minimum absolute atomic E-state index is 0.00481. The van der Waals surface area contributed by atoms with Gasteiger partial charge in [0.2, 0.25) is 15.9 Å².